The highest BCUT2D eigenvalue weighted by Crippen LogP contribution is 2.30. The average molecular weight is 539 g/mol. The molecule has 0 bridgehead atoms. The van der Waals surface area contributed by atoms with Gasteiger partial charge in [0.15, 0.2) is 11.5 Å². The monoisotopic (exact) mass is 538 g/mol. The van der Waals surface area contributed by atoms with Gasteiger partial charge in [-0.05, 0) is 35.9 Å². The van der Waals surface area contributed by atoms with E-state index in [2.05, 4.69) is 10.6 Å². The lowest BCUT2D eigenvalue weighted by molar-refractivity contribution is -0.116. The number of nitrogens with one attached hydrogen (secondary N) is 2. The smallest absolute Gasteiger partial charge is 0.332 e. The summed E-state index contributed by atoms with van der Waals surface area (Å²) in [5, 5.41) is 4.89. The van der Waals surface area contributed by atoms with Crippen molar-refractivity contribution in [2.75, 3.05) is 26.6 Å². The summed E-state index contributed by atoms with van der Waals surface area (Å²) < 4.78 is 40.0. The second-order valence-electron chi connectivity index (χ2n) is 8.43. The van der Waals surface area contributed by atoms with Crippen molar-refractivity contribution in [1.29, 1.82) is 0 Å². The lowest BCUT2D eigenvalue weighted by Crippen LogP contribution is -2.42. The Morgan fingerprint density at radius 3 is 2.18 bits per heavy atom. The maximum Gasteiger partial charge on any atom is 0.332 e. The van der Waals surface area contributed by atoms with Crippen molar-refractivity contribution < 1.29 is 27.8 Å². The number of nitrogens with zero attached hydrogens (tertiary/aromatic N) is 2. The fourth-order valence-electron chi connectivity index (χ4n) is 4.05. The Morgan fingerprint density at radius 1 is 0.897 bits per heavy atom. The third kappa shape index (κ3) is 5.49. The number of hydrogen-bond acceptors (Lipinski definition) is 6. The molecule has 4 rings (SSSR count). The Bertz CT molecular complexity index is 1700. The first-order valence-electron chi connectivity index (χ1n) is 11.6. The molecule has 0 spiro atoms. The van der Waals surface area contributed by atoms with Crippen LogP contribution in [0.3, 0.4) is 0 Å². The summed E-state index contributed by atoms with van der Waals surface area (Å²) in [6.07, 6.45) is 0. The fraction of sp³-hybridized carbons (Fsp3) is 0.185. The zero-order valence-electron chi connectivity index (χ0n) is 21.2. The lowest BCUT2D eigenvalue weighted by atomic mass is 10.1. The minimum Gasteiger partial charge on any atom is -0.493 e. The average Bonchev–Trinajstić information content (AvgIpc) is 2.94. The Balaban J connectivity index is 1.82. The van der Waals surface area contributed by atoms with Crippen molar-refractivity contribution in [2.45, 2.75) is 13.1 Å². The molecule has 0 aliphatic carbocycles. The number of halogens is 2. The van der Waals surface area contributed by atoms with Crippen molar-refractivity contribution in [2.24, 2.45) is 0 Å². The molecule has 4 aromatic rings. The SMILES string of the molecule is CNC(=O)c1ccc(Cn2c(=O)c3cc(OC)c(OC)cc3n(CC(=O)Nc3ccc(F)cc3F)c2=O)cc1. The van der Waals surface area contributed by atoms with Gasteiger partial charge < -0.3 is 20.1 Å². The van der Waals surface area contributed by atoms with Gasteiger partial charge in [0.25, 0.3) is 11.5 Å². The Kier molecular flexibility index (Phi) is 7.75. The van der Waals surface area contributed by atoms with Gasteiger partial charge in [0.2, 0.25) is 5.91 Å². The van der Waals surface area contributed by atoms with Crippen LogP contribution in [0.25, 0.3) is 10.9 Å². The van der Waals surface area contributed by atoms with Crippen LogP contribution in [0.5, 0.6) is 11.5 Å². The van der Waals surface area contributed by atoms with Gasteiger partial charge in [-0.2, -0.15) is 0 Å². The summed E-state index contributed by atoms with van der Waals surface area (Å²) in [6.45, 7) is -0.762. The van der Waals surface area contributed by atoms with Crippen molar-refractivity contribution in [1.82, 2.24) is 14.5 Å². The zero-order valence-corrected chi connectivity index (χ0v) is 21.2. The molecule has 12 heteroatoms. The van der Waals surface area contributed by atoms with Gasteiger partial charge in [-0.15, -0.1) is 0 Å². The van der Waals surface area contributed by atoms with Gasteiger partial charge in [0.05, 0.1) is 37.4 Å². The summed E-state index contributed by atoms with van der Waals surface area (Å²) >= 11 is 0. The van der Waals surface area contributed by atoms with Crippen LogP contribution in [-0.2, 0) is 17.9 Å². The van der Waals surface area contributed by atoms with Gasteiger partial charge in [-0.3, -0.25) is 23.5 Å². The van der Waals surface area contributed by atoms with E-state index < -0.39 is 35.3 Å². The minimum absolute atomic E-state index is 0.0648. The van der Waals surface area contributed by atoms with Crippen LogP contribution >= 0.6 is 0 Å². The highest BCUT2D eigenvalue weighted by molar-refractivity contribution is 5.94. The molecule has 2 N–H and O–H groups in total. The summed E-state index contributed by atoms with van der Waals surface area (Å²) in [5.41, 5.74) is -0.708. The third-order valence-corrected chi connectivity index (χ3v) is 6.02. The van der Waals surface area contributed by atoms with E-state index in [1.807, 2.05) is 0 Å². The highest BCUT2D eigenvalue weighted by Gasteiger charge is 2.20. The van der Waals surface area contributed by atoms with Crippen LogP contribution in [0.2, 0.25) is 0 Å². The number of rotatable bonds is 8. The summed E-state index contributed by atoms with van der Waals surface area (Å²) in [5.74, 6) is -2.45. The third-order valence-electron chi connectivity index (χ3n) is 6.02. The Labute approximate surface area is 220 Å². The van der Waals surface area contributed by atoms with Gasteiger partial charge in [-0.25, -0.2) is 13.6 Å². The van der Waals surface area contributed by atoms with Crippen LogP contribution in [0, 0.1) is 11.6 Å². The van der Waals surface area contributed by atoms with Gasteiger partial charge >= 0.3 is 5.69 Å². The number of ether oxygens (including phenoxy) is 2. The summed E-state index contributed by atoms with van der Waals surface area (Å²) in [7, 11) is 4.26. The molecule has 202 valence electrons. The largest absolute Gasteiger partial charge is 0.493 e. The van der Waals surface area contributed by atoms with Crippen LogP contribution < -0.4 is 31.4 Å². The van der Waals surface area contributed by atoms with Gasteiger partial charge in [0, 0.05) is 24.7 Å². The molecule has 1 aromatic heterocycles. The number of methoxy groups -OCH3 is 2. The Morgan fingerprint density at radius 2 is 1.56 bits per heavy atom. The normalized spacial score (nSPS) is 10.8. The molecule has 0 unspecified atom stereocenters. The van der Waals surface area contributed by atoms with E-state index >= 15 is 0 Å². The number of fused-ring (bicyclic) bond motifs is 1. The van der Waals surface area contributed by atoms with E-state index in [1.54, 1.807) is 24.3 Å². The van der Waals surface area contributed by atoms with E-state index in [0.717, 1.165) is 21.3 Å². The van der Waals surface area contributed by atoms with E-state index in [-0.39, 0.29) is 40.5 Å². The molecule has 10 nitrogen and oxygen atoms in total. The predicted molar refractivity (Wildman–Crippen MR) is 139 cm³/mol. The molecular weight excluding hydrogens is 514 g/mol. The molecule has 0 aliphatic heterocycles. The standard InChI is InChI=1S/C27H24F2N4O6/c1-30-25(35)16-6-4-15(5-7-16)13-33-26(36)18-11-22(38-2)23(39-3)12-21(18)32(27(33)37)14-24(34)31-20-9-8-17(28)10-19(20)29/h4-12H,13-14H2,1-3H3,(H,30,35)(H,31,34). The number of carbonyl (C=O) groups is 2. The van der Waals surface area contributed by atoms with E-state index in [9.17, 15) is 28.0 Å². The maximum atomic E-state index is 14.1. The molecule has 1 heterocycles. The minimum atomic E-state index is -0.989. The molecule has 0 saturated heterocycles. The van der Waals surface area contributed by atoms with E-state index in [1.165, 1.54) is 33.4 Å². The molecule has 0 atom stereocenters. The van der Waals surface area contributed by atoms with Gasteiger partial charge in [-0.1, -0.05) is 12.1 Å². The Hall–Kier alpha value is -5.00. The van der Waals surface area contributed by atoms with Crippen molar-refractivity contribution in [3.8, 4) is 11.5 Å². The number of benzene rings is 3. The maximum absolute atomic E-state index is 14.1. The van der Waals surface area contributed by atoms with Crippen LogP contribution in [0.15, 0.2) is 64.2 Å². The van der Waals surface area contributed by atoms with Crippen LogP contribution in [0.4, 0.5) is 14.5 Å². The molecule has 0 saturated carbocycles. The molecule has 0 fully saturated rings. The number of anilines is 1. The lowest BCUT2D eigenvalue weighted by Gasteiger charge is -2.16. The van der Waals surface area contributed by atoms with Crippen LogP contribution in [-0.4, -0.2) is 42.2 Å². The molecular formula is C27H24F2N4O6. The molecule has 39 heavy (non-hydrogen) atoms. The first-order valence-corrected chi connectivity index (χ1v) is 11.6. The summed E-state index contributed by atoms with van der Waals surface area (Å²) in [6, 6.07) is 11.7. The second-order valence-corrected chi connectivity index (χ2v) is 8.43. The molecule has 0 radical (unpaired) electrons. The van der Waals surface area contributed by atoms with E-state index in [0.29, 0.717) is 17.2 Å². The van der Waals surface area contributed by atoms with Crippen molar-refractivity contribution >= 4 is 28.4 Å². The van der Waals surface area contributed by atoms with Gasteiger partial charge in [0.1, 0.15) is 18.2 Å². The molecule has 0 aliphatic rings. The number of hydrogen-bond donors (Lipinski definition) is 2. The fourth-order valence-corrected chi connectivity index (χ4v) is 4.05. The molecule has 3 aromatic carbocycles. The number of aromatic nitrogens is 2. The first kappa shape index (κ1) is 27.0. The number of amides is 2. The first-order chi connectivity index (χ1) is 18.7. The van der Waals surface area contributed by atoms with E-state index in [4.69, 9.17) is 9.47 Å². The zero-order chi connectivity index (χ0) is 28.3. The van der Waals surface area contributed by atoms with Crippen molar-refractivity contribution in [3.05, 3.63) is 98.2 Å². The topological polar surface area (TPSA) is 121 Å². The number of carbonyl (C=O) groups excluding carboxylic acids is 2. The highest BCUT2D eigenvalue weighted by atomic mass is 19.1. The predicted octanol–water partition coefficient (Wildman–Crippen LogP) is 2.51. The van der Waals surface area contributed by atoms with Crippen LogP contribution in [0.1, 0.15) is 15.9 Å². The van der Waals surface area contributed by atoms with Crippen molar-refractivity contribution in [3.63, 3.8) is 0 Å². The second kappa shape index (κ2) is 11.2. The quantitative estimate of drug-likeness (QED) is 0.356. The molecule has 2 amide bonds. The summed E-state index contributed by atoms with van der Waals surface area (Å²) in [4.78, 5) is 51.7.